The molecule has 0 aliphatic heterocycles. The molecule has 1 amide bonds. The minimum atomic E-state index is -0.663. The minimum absolute atomic E-state index is 0.141. The Kier molecular flexibility index (Phi) is 4.16. The highest BCUT2D eigenvalue weighted by atomic mass is 35.5. The predicted octanol–water partition coefficient (Wildman–Crippen LogP) is 1.21. The fourth-order valence-corrected chi connectivity index (χ4v) is 2.74. The summed E-state index contributed by atoms with van der Waals surface area (Å²) in [6, 6.07) is 4.85. The van der Waals surface area contributed by atoms with Gasteiger partial charge in [0.1, 0.15) is 0 Å². The van der Waals surface area contributed by atoms with Crippen LogP contribution in [-0.4, -0.2) is 24.8 Å². The van der Waals surface area contributed by atoms with Crippen molar-refractivity contribution in [2.45, 2.75) is 6.42 Å². The van der Waals surface area contributed by atoms with E-state index in [0.717, 1.165) is 4.40 Å². The van der Waals surface area contributed by atoms with Gasteiger partial charge in [-0.3, -0.25) is 14.3 Å². The molecule has 0 fully saturated rings. The molecule has 2 N–H and O–H groups in total. The molecule has 2 heterocycles. The summed E-state index contributed by atoms with van der Waals surface area (Å²) in [5.41, 5.74) is -0.635. The molecule has 8 nitrogen and oxygen atoms in total. The number of rotatable bonds is 3. The highest BCUT2D eigenvalue weighted by Gasteiger charge is 2.15. The third kappa shape index (κ3) is 2.81. The molecule has 0 spiro atoms. The van der Waals surface area contributed by atoms with Crippen LogP contribution in [0.25, 0.3) is 5.78 Å². The van der Waals surface area contributed by atoms with E-state index in [1.165, 1.54) is 17.8 Å². The first-order valence-electron chi connectivity index (χ1n) is 6.78. The Bertz CT molecular complexity index is 1050. The number of nitrogens with zero attached hydrogens (tertiary/aromatic N) is 3. The van der Waals surface area contributed by atoms with E-state index in [1.807, 2.05) is 0 Å². The molecule has 24 heavy (non-hydrogen) atoms. The standard InChI is InChI=1S/C14H11Cl2N5O3/c1-20-12-17-6-7(21(12)14(24)19-13(20)23)5-10(22)18-11-8(15)3-2-4-9(11)16/h2-4,6H,5H2,1H3,(H,18,22)(H,19,23,24). The first kappa shape index (κ1) is 16.3. The van der Waals surface area contributed by atoms with Crippen LogP contribution in [-0.2, 0) is 18.3 Å². The number of hydrogen-bond donors (Lipinski definition) is 2. The first-order valence-corrected chi connectivity index (χ1v) is 7.53. The van der Waals surface area contributed by atoms with E-state index in [0.29, 0.717) is 21.4 Å². The number of imidazole rings is 1. The van der Waals surface area contributed by atoms with Gasteiger partial charge in [-0.15, -0.1) is 0 Å². The number of anilines is 1. The fraction of sp³-hybridized carbons (Fsp3) is 0.143. The molecule has 0 aliphatic carbocycles. The average molecular weight is 368 g/mol. The fourth-order valence-electron chi connectivity index (χ4n) is 2.25. The summed E-state index contributed by atoms with van der Waals surface area (Å²) in [5, 5.41) is 3.20. The van der Waals surface area contributed by atoms with Gasteiger partial charge in [0.15, 0.2) is 0 Å². The number of hydrogen-bond acceptors (Lipinski definition) is 4. The van der Waals surface area contributed by atoms with Crippen LogP contribution in [0, 0.1) is 0 Å². The molecule has 0 saturated heterocycles. The van der Waals surface area contributed by atoms with Crippen molar-refractivity contribution in [3.63, 3.8) is 0 Å². The second kappa shape index (κ2) is 6.14. The maximum Gasteiger partial charge on any atom is 0.336 e. The lowest BCUT2D eigenvalue weighted by molar-refractivity contribution is -0.115. The zero-order valence-corrected chi connectivity index (χ0v) is 13.9. The maximum absolute atomic E-state index is 12.2. The highest BCUT2D eigenvalue weighted by Crippen LogP contribution is 2.29. The van der Waals surface area contributed by atoms with Crippen molar-refractivity contribution in [2.75, 3.05) is 5.32 Å². The van der Waals surface area contributed by atoms with Crippen LogP contribution in [0.4, 0.5) is 5.69 Å². The lowest BCUT2D eigenvalue weighted by atomic mass is 10.2. The van der Waals surface area contributed by atoms with Crippen molar-refractivity contribution < 1.29 is 4.79 Å². The Balaban J connectivity index is 1.93. The average Bonchev–Trinajstić information content (AvgIpc) is 2.93. The molecule has 1 aromatic carbocycles. The third-order valence-corrected chi connectivity index (χ3v) is 4.04. The van der Waals surface area contributed by atoms with Gasteiger partial charge in [-0.1, -0.05) is 29.3 Å². The number of para-hydroxylation sites is 1. The van der Waals surface area contributed by atoms with Crippen molar-refractivity contribution in [3.8, 4) is 0 Å². The lowest BCUT2D eigenvalue weighted by Crippen LogP contribution is -2.34. The van der Waals surface area contributed by atoms with Gasteiger partial charge in [-0.2, -0.15) is 0 Å². The normalized spacial score (nSPS) is 11.0. The summed E-state index contributed by atoms with van der Waals surface area (Å²) < 4.78 is 2.34. The van der Waals surface area contributed by atoms with Gasteiger partial charge < -0.3 is 5.32 Å². The number of H-pyrrole nitrogens is 1. The van der Waals surface area contributed by atoms with Crippen LogP contribution in [0.2, 0.25) is 10.0 Å². The monoisotopic (exact) mass is 367 g/mol. The van der Waals surface area contributed by atoms with E-state index >= 15 is 0 Å². The van der Waals surface area contributed by atoms with Gasteiger partial charge >= 0.3 is 11.4 Å². The number of nitrogens with one attached hydrogen (secondary N) is 2. The summed E-state index contributed by atoms with van der Waals surface area (Å²) in [6.07, 6.45) is 1.21. The first-order chi connectivity index (χ1) is 11.4. The Morgan fingerprint density at radius 2 is 1.92 bits per heavy atom. The number of halogens is 2. The van der Waals surface area contributed by atoms with Gasteiger partial charge in [0.2, 0.25) is 11.7 Å². The van der Waals surface area contributed by atoms with E-state index in [1.54, 1.807) is 18.2 Å². The number of fused-ring (bicyclic) bond motifs is 1. The highest BCUT2D eigenvalue weighted by molar-refractivity contribution is 6.39. The maximum atomic E-state index is 12.2. The molecule has 0 atom stereocenters. The Hall–Kier alpha value is -2.58. The van der Waals surface area contributed by atoms with E-state index in [9.17, 15) is 14.4 Å². The van der Waals surface area contributed by atoms with Crippen LogP contribution >= 0.6 is 23.2 Å². The summed E-state index contributed by atoms with van der Waals surface area (Å²) in [6.45, 7) is 0. The zero-order chi connectivity index (χ0) is 17.4. The minimum Gasteiger partial charge on any atom is -0.323 e. The van der Waals surface area contributed by atoms with Crippen molar-refractivity contribution in [3.05, 3.63) is 61.1 Å². The molecule has 0 aliphatic rings. The van der Waals surface area contributed by atoms with Crippen molar-refractivity contribution in [1.82, 2.24) is 18.9 Å². The summed E-state index contributed by atoms with van der Waals surface area (Å²) >= 11 is 12.0. The Morgan fingerprint density at radius 1 is 1.25 bits per heavy atom. The molecular formula is C14H11Cl2N5O3. The molecule has 10 heteroatoms. The number of amides is 1. The van der Waals surface area contributed by atoms with Crippen LogP contribution in [0.1, 0.15) is 5.69 Å². The van der Waals surface area contributed by atoms with Gasteiger partial charge in [0.25, 0.3) is 0 Å². The molecule has 0 saturated carbocycles. The molecule has 0 unspecified atom stereocenters. The zero-order valence-electron chi connectivity index (χ0n) is 12.3. The quantitative estimate of drug-likeness (QED) is 0.726. The molecular weight excluding hydrogens is 357 g/mol. The van der Waals surface area contributed by atoms with E-state index < -0.39 is 17.3 Å². The van der Waals surface area contributed by atoms with Gasteiger partial charge in [-0.25, -0.2) is 19.0 Å². The van der Waals surface area contributed by atoms with Crippen LogP contribution in [0.3, 0.4) is 0 Å². The van der Waals surface area contributed by atoms with Crippen LogP contribution in [0.15, 0.2) is 34.0 Å². The number of benzene rings is 1. The topological polar surface area (TPSA) is 101 Å². The van der Waals surface area contributed by atoms with Crippen molar-refractivity contribution in [2.24, 2.45) is 7.05 Å². The van der Waals surface area contributed by atoms with Gasteiger partial charge in [0, 0.05) is 7.05 Å². The van der Waals surface area contributed by atoms with Crippen molar-refractivity contribution in [1.29, 1.82) is 0 Å². The summed E-state index contributed by atoms with van der Waals surface area (Å²) in [7, 11) is 1.47. The Morgan fingerprint density at radius 3 is 2.58 bits per heavy atom. The lowest BCUT2D eigenvalue weighted by Gasteiger charge is -2.09. The smallest absolute Gasteiger partial charge is 0.323 e. The molecule has 3 rings (SSSR count). The Labute approximate surface area is 144 Å². The van der Waals surface area contributed by atoms with E-state index in [-0.39, 0.29) is 12.2 Å². The predicted molar refractivity (Wildman–Crippen MR) is 89.8 cm³/mol. The third-order valence-electron chi connectivity index (χ3n) is 3.41. The number of aromatic amines is 1. The second-order valence-corrected chi connectivity index (χ2v) is 5.82. The molecule has 124 valence electrons. The molecule has 0 radical (unpaired) electrons. The van der Waals surface area contributed by atoms with E-state index in [4.69, 9.17) is 23.2 Å². The SMILES string of the molecule is Cn1c(=O)[nH]c(=O)n2c(CC(=O)Nc3c(Cl)cccc3Cl)cnc12. The second-order valence-electron chi connectivity index (χ2n) is 5.00. The summed E-state index contributed by atoms with van der Waals surface area (Å²) in [4.78, 5) is 41.9. The summed E-state index contributed by atoms with van der Waals surface area (Å²) in [5.74, 6) is -0.289. The van der Waals surface area contributed by atoms with Crippen LogP contribution in [0.5, 0.6) is 0 Å². The van der Waals surface area contributed by atoms with Gasteiger partial charge in [-0.05, 0) is 12.1 Å². The van der Waals surface area contributed by atoms with Gasteiger partial charge in [0.05, 0.1) is 34.0 Å². The number of carbonyl (C=O) groups is 1. The number of carbonyl (C=O) groups excluding carboxylic acids is 1. The molecule has 2 aromatic heterocycles. The number of aryl methyl sites for hydroxylation is 1. The van der Waals surface area contributed by atoms with E-state index in [2.05, 4.69) is 15.3 Å². The molecule has 3 aromatic rings. The van der Waals surface area contributed by atoms with Crippen LogP contribution < -0.4 is 16.7 Å². The van der Waals surface area contributed by atoms with Crippen molar-refractivity contribution >= 4 is 40.6 Å². The molecule has 0 bridgehead atoms. The number of aromatic nitrogens is 4. The largest absolute Gasteiger partial charge is 0.336 e.